The second kappa shape index (κ2) is 8.92. The van der Waals surface area contributed by atoms with Gasteiger partial charge in [-0.1, -0.05) is 54.3 Å². The largest absolute Gasteiger partial charge is 0.467 e. The van der Waals surface area contributed by atoms with Crippen LogP contribution in [-0.4, -0.2) is 33.5 Å². The summed E-state index contributed by atoms with van der Waals surface area (Å²) in [7, 11) is 0. The zero-order valence-corrected chi connectivity index (χ0v) is 19.7. The average molecular weight is 490 g/mol. The number of amides is 3. The molecule has 1 saturated heterocycles. The lowest BCUT2D eigenvalue weighted by Gasteiger charge is -2.17. The van der Waals surface area contributed by atoms with Crippen LogP contribution in [0.2, 0.25) is 0 Å². The molecule has 3 heterocycles. The van der Waals surface area contributed by atoms with Gasteiger partial charge < -0.3 is 9.73 Å². The van der Waals surface area contributed by atoms with E-state index in [1.807, 2.05) is 25.1 Å². The Bertz CT molecular complexity index is 1360. The standard InChI is InChI=1S/C25H19N3O4S2/c1-15-6-4-7-16(12-15)26-20(29)14-27-19-10-3-2-9-18(19)21(23(27)30)22-24(31)28(25(33)34-22)13-17-8-5-11-32-17/h2-12H,13-14H2,1H3,(H,26,29)/b22-21+. The van der Waals surface area contributed by atoms with Crippen LogP contribution < -0.4 is 10.2 Å². The molecule has 3 amide bonds. The Hall–Kier alpha value is -3.69. The van der Waals surface area contributed by atoms with Crippen LogP contribution >= 0.6 is 24.0 Å². The summed E-state index contributed by atoms with van der Waals surface area (Å²) in [5.41, 5.74) is 3.12. The van der Waals surface area contributed by atoms with Crippen LogP contribution in [0.1, 0.15) is 16.9 Å². The van der Waals surface area contributed by atoms with Crippen LogP contribution in [0.5, 0.6) is 0 Å². The van der Waals surface area contributed by atoms with Gasteiger partial charge in [-0.25, -0.2) is 0 Å². The number of fused-ring (bicyclic) bond motifs is 1. The average Bonchev–Trinajstić information content (AvgIpc) is 3.49. The van der Waals surface area contributed by atoms with Crippen LogP contribution in [0.25, 0.3) is 5.57 Å². The number of furan rings is 1. The molecule has 2 aromatic carbocycles. The lowest BCUT2D eigenvalue weighted by atomic mass is 10.1. The fourth-order valence-electron chi connectivity index (χ4n) is 3.97. The van der Waals surface area contributed by atoms with E-state index in [1.54, 1.807) is 42.5 Å². The molecule has 5 rings (SSSR count). The molecule has 3 aromatic rings. The van der Waals surface area contributed by atoms with Gasteiger partial charge >= 0.3 is 0 Å². The molecule has 1 N–H and O–H groups in total. The van der Waals surface area contributed by atoms with E-state index in [4.69, 9.17) is 16.6 Å². The summed E-state index contributed by atoms with van der Waals surface area (Å²) in [6, 6.07) is 18.1. The number of hydrogen-bond acceptors (Lipinski definition) is 6. The van der Waals surface area contributed by atoms with Crippen molar-refractivity contribution in [3.63, 3.8) is 0 Å². The summed E-state index contributed by atoms with van der Waals surface area (Å²) in [6.45, 7) is 1.94. The van der Waals surface area contributed by atoms with Crippen molar-refractivity contribution in [3.05, 3.63) is 88.7 Å². The molecule has 34 heavy (non-hydrogen) atoms. The first kappa shape index (κ1) is 22.1. The summed E-state index contributed by atoms with van der Waals surface area (Å²) in [4.78, 5) is 42.6. The molecule has 170 valence electrons. The minimum Gasteiger partial charge on any atom is -0.467 e. The van der Waals surface area contributed by atoms with Crippen LogP contribution in [0.3, 0.4) is 0 Å². The normalized spacial score (nSPS) is 17.5. The third kappa shape index (κ3) is 4.04. The van der Waals surface area contributed by atoms with Gasteiger partial charge in [-0.15, -0.1) is 0 Å². The number of carbonyl (C=O) groups is 3. The number of thioether (sulfide) groups is 1. The Morgan fingerprint density at radius 3 is 2.62 bits per heavy atom. The number of anilines is 2. The first-order valence-electron chi connectivity index (χ1n) is 10.5. The van der Waals surface area contributed by atoms with Crippen molar-refractivity contribution in [1.82, 2.24) is 4.90 Å². The molecule has 2 aliphatic rings. The molecule has 0 atom stereocenters. The maximum absolute atomic E-state index is 13.5. The van der Waals surface area contributed by atoms with Crippen LogP contribution in [0, 0.1) is 6.92 Å². The Morgan fingerprint density at radius 2 is 1.85 bits per heavy atom. The first-order valence-corrected chi connectivity index (χ1v) is 11.7. The number of para-hydroxylation sites is 1. The Labute approximate surface area is 205 Å². The highest BCUT2D eigenvalue weighted by atomic mass is 32.2. The topological polar surface area (TPSA) is 82.9 Å². The number of nitrogens with zero attached hydrogens (tertiary/aromatic N) is 2. The predicted molar refractivity (Wildman–Crippen MR) is 135 cm³/mol. The lowest BCUT2D eigenvalue weighted by molar-refractivity contribution is -0.123. The maximum Gasteiger partial charge on any atom is 0.267 e. The van der Waals surface area contributed by atoms with Gasteiger partial charge in [0.1, 0.15) is 16.6 Å². The number of hydrogen-bond donors (Lipinski definition) is 1. The van der Waals surface area contributed by atoms with Crippen LogP contribution in [0.4, 0.5) is 11.4 Å². The number of thiocarbonyl (C=S) groups is 1. The third-order valence-corrected chi connectivity index (χ3v) is 6.95. The third-order valence-electron chi connectivity index (χ3n) is 5.50. The van der Waals surface area contributed by atoms with Gasteiger partial charge in [0.25, 0.3) is 11.8 Å². The highest BCUT2D eigenvalue weighted by Gasteiger charge is 2.42. The Morgan fingerprint density at radius 1 is 1.03 bits per heavy atom. The second-order valence-electron chi connectivity index (χ2n) is 7.87. The molecule has 0 spiro atoms. The Kier molecular flexibility index (Phi) is 5.80. The van der Waals surface area contributed by atoms with E-state index in [1.165, 1.54) is 16.1 Å². The van der Waals surface area contributed by atoms with Gasteiger partial charge in [0.15, 0.2) is 0 Å². The molecule has 2 aliphatic heterocycles. The predicted octanol–water partition coefficient (Wildman–Crippen LogP) is 4.34. The molecule has 0 bridgehead atoms. The molecular weight excluding hydrogens is 470 g/mol. The highest BCUT2D eigenvalue weighted by Crippen LogP contribution is 2.44. The quantitative estimate of drug-likeness (QED) is 0.424. The zero-order chi connectivity index (χ0) is 23.8. The monoisotopic (exact) mass is 489 g/mol. The van der Waals surface area contributed by atoms with Crippen molar-refractivity contribution in [1.29, 1.82) is 0 Å². The summed E-state index contributed by atoms with van der Waals surface area (Å²) in [6.07, 6.45) is 1.53. The van der Waals surface area contributed by atoms with E-state index in [2.05, 4.69) is 5.32 Å². The van der Waals surface area contributed by atoms with Crippen molar-refractivity contribution in [2.75, 3.05) is 16.8 Å². The number of carbonyl (C=O) groups excluding carboxylic acids is 3. The maximum atomic E-state index is 13.5. The molecule has 0 unspecified atom stereocenters. The van der Waals surface area contributed by atoms with E-state index in [0.717, 1.165) is 17.3 Å². The second-order valence-corrected chi connectivity index (χ2v) is 9.51. The molecule has 0 saturated carbocycles. The van der Waals surface area contributed by atoms with E-state index in [0.29, 0.717) is 27.0 Å². The number of rotatable bonds is 5. The first-order chi connectivity index (χ1) is 16.4. The summed E-state index contributed by atoms with van der Waals surface area (Å²) in [5.74, 6) is -0.495. The SMILES string of the molecule is Cc1cccc(NC(=O)CN2C(=O)/C(=C3/SC(=S)N(Cc4ccco4)C3=O)c3ccccc32)c1. The van der Waals surface area contributed by atoms with Crippen molar-refractivity contribution >= 4 is 63.0 Å². The van der Waals surface area contributed by atoms with Crippen molar-refractivity contribution in [2.45, 2.75) is 13.5 Å². The van der Waals surface area contributed by atoms with E-state index < -0.39 is 5.91 Å². The summed E-state index contributed by atoms with van der Waals surface area (Å²) >= 11 is 6.52. The lowest BCUT2D eigenvalue weighted by Crippen LogP contribution is -2.35. The number of nitrogens with one attached hydrogen (secondary N) is 1. The van der Waals surface area contributed by atoms with E-state index >= 15 is 0 Å². The van der Waals surface area contributed by atoms with Gasteiger partial charge in [-0.2, -0.15) is 0 Å². The zero-order valence-electron chi connectivity index (χ0n) is 18.1. The van der Waals surface area contributed by atoms with Crippen LogP contribution in [-0.2, 0) is 20.9 Å². The molecule has 0 radical (unpaired) electrons. The van der Waals surface area contributed by atoms with Gasteiger partial charge in [0.2, 0.25) is 5.91 Å². The highest BCUT2D eigenvalue weighted by molar-refractivity contribution is 8.26. The Balaban J connectivity index is 1.44. The minimum atomic E-state index is -0.404. The summed E-state index contributed by atoms with van der Waals surface area (Å²) in [5, 5.41) is 2.83. The molecular formula is C25H19N3O4S2. The van der Waals surface area contributed by atoms with E-state index in [-0.39, 0.29) is 35.4 Å². The van der Waals surface area contributed by atoms with Crippen molar-refractivity contribution in [2.24, 2.45) is 0 Å². The van der Waals surface area contributed by atoms with Gasteiger partial charge in [-0.3, -0.25) is 24.2 Å². The van der Waals surface area contributed by atoms with Crippen molar-refractivity contribution < 1.29 is 18.8 Å². The fourth-order valence-corrected chi connectivity index (χ4v) is 5.29. The van der Waals surface area contributed by atoms with Gasteiger partial charge in [0, 0.05) is 11.3 Å². The number of benzene rings is 2. The molecule has 0 aliphatic carbocycles. The smallest absolute Gasteiger partial charge is 0.267 e. The molecule has 1 fully saturated rings. The molecule has 7 nitrogen and oxygen atoms in total. The van der Waals surface area contributed by atoms with Gasteiger partial charge in [0.05, 0.1) is 29.0 Å². The summed E-state index contributed by atoms with van der Waals surface area (Å²) < 4.78 is 5.70. The minimum absolute atomic E-state index is 0.181. The van der Waals surface area contributed by atoms with Crippen molar-refractivity contribution in [3.8, 4) is 0 Å². The van der Waals surface area contributed by atoms with Crippen LogP contribution in [0.15, 0.2) is 76.2 Å². The van der Waals surface area contributed by atoms with E-state index in [9.17, 15) is 14.4 Å². The number of aryl methyl sites for hydroxylation is 1. The fraction of sp³-hybridized carbons (Fsp3) is 0.120. The molecule has 9 heteroatoms. The molecule has 1 aromatic heterocycles. The van der Waals surface area contributed by atoms with Gasteiger partial charge in [-0.05, 0) is 42.8 Å².